The maximum absolute atomic E-state index is 13.2. The van der Waals surface area contributed by atoms with Gasteiger partial charge in [0.15, 0.2) is 5.82 Å². The lowest BCUT2D eigenvalue weighted by Gasteiger charge is -2.20. The van der Waals surface area contributed by atoms with Crippen LogP contribution >= 0.6 is 11.6 Å². The van der Waals surface area contributed by atoms with Gasteiger partial charge in [0.1, 0.15) is 12.2 Å². The van der Waals surface area contributed by atoms with Crippen LogP contribution in [0.3, 0.4) is 0 Å². The summed E-state index contributed by atoms with van der Waals surface area (Å²) < 4.78 is 0. The molecule has 1 N–H and O–H groups in total. The van der Waals surface area contributed by atoms with Crippen molar-refractivity contribution in [3.63, 3.8) is 0 Å². The number of aliphatic imine (C=N–C) groups is 1. The molecule has 0 saturated carbocycles. The fourth-order valence-electron chi connectivity index (χ4n) is 3.50. The molecule has 0 fully saturated rings. The minimum atomic E-state index is -0.342. The number of carbonyl (C=O) groups is 2. The molecular weight excluding hydrogens is 424 g/mol. The monoisotopic (exact) mass is 446 g/mol. The van der Waals surface area contributed by atoms with Crippen LogP contribution in [0.15, 0.2) is 65.8 Å². The van der Waals surface area contributed by atoms with Crippen molar-refractivity contribution in [2.24, 2.45) is 4.99 Å². The van der Waals surface area contributed by atoms with E-state index in [2.05, 4.69) is 17.2 Å². The van der Waals surface area contributed by atoms with Crippen LogP contribution < -0.4 is 10.2 Å². The van der Waals surface area contributed by atoms with Crippen LogP contribution in [0.5, 0.6) is 0 Å². The number of aryl methyl sites for hydroxylation is 2. The maximum atomic E-state index is 13.2. The second kappa shape index (κ2) is 9.32. The van der Waals surface area contributed by atoms with Crippen LogP contribution in [0.1, 0.15) is 30.0 Å². The van der Waals surface area contributed by atoms with Gasteiger partial charge in [0.25, 0.3) is 0 Å². The number of hydrogen-bond donors (Lipinski definition) is 1. The summed E-state index contributed by atoms with van der Waals surface area (Å²) in [6.07, 6.45) is 2.60. The molecule has 0 unspecified atom stereocenters. The van der Waals surface area contributed by atoms with Gasteiger partial charge in [-0.25, -0.2) is 9.98 Å². The Bertz CT molecular complexity index is 1200. The van der Waals surface area contributed by atoms with Gasteiger partial charge in [-0.2, -0.15) is 0 Å². The number of anilines is 2. The topological polar surface area (TPSA) is 74.7 Å². The number of pyridine rings is 1. The molecule has 7 heteroatoms. The van der Waals surface area contributed by atoms with E-state index >= 15 is 0 Å². The van der Waals surface area contributed by atoms with E-state index in [0.29, 0.717) is 27.9 Å². The van der Waals surface area contributed by atoms with Crippen LogP contribution in [0.2, 0.25) is 5.02 Å². The van der Waals surface area contributed by atoms with Crippen LogP contribution in [0.4, 0.5) is 17.2 Å². The summed E-state index contributed by atoms with van der Waals surface area (Å²) in [5.74, 6) is -0.210. The zero-order valence-electron chi connectivity index (χ0n) is 17.9. The molecule has 0 saturated heterocycles. The summed E-state index contributed by atoms with van der Waals surface area (Å²) in [5.41, 5.74) is 4.79. The third kappa shape index (κ3) is 4.70. The number of hydrogen-bond acceptors (Lipinski definition) is 4. The normalized spacial score (nSPS) is 13.3. The smallest absolute Gasteiger partial charge is 0.244 e. The molecule has 0 spiro atoms. The molecule has 1 aliphatic rings. The van der Waals surface area contributed by atoms with Crippen LogP contribution in [-0.2, 0) is 16.0 Å². The SMILES string of the molecule is CCc1ccc(C2=Nc3cccnc3N(CC(=O)Nc3ccc(C)c(Cl)c3)C(=O)C2)cc1. The van der Waals surface area contributed by atoms with E-state index in [0.717, 1.165) is 17.5 Å². The van der Waals surface area contributed by atoms with Crippen molar-refractivity contribution in [2.75, 3.05) is 16.8 Å². The van der Waals surface area contributed by atoms with Crippen molar-refractivity contribution in [1.82, 2.24) is 4.98 Å². The number of fused-ring (bicyclic) bond motifs is 1. The highest BCUT2D eigenvalue weighted by Crippen LogP contribution is 2.31. The molecule has 1 aromatic heterocycles. The van der Waals surface area contributed by atoms with Crippen molar-refractivity contribution < 1.29 is 9.59 Å². The van der Waals surface area contributed by atoms with E-state index in [1.807, 2.05) is 37.3 Å². The Morgan fingerprint density at radius 3 is 2.66 bits per heavy atom. The fourth-order valence-corrected chi connectivity index (χ4v) is 3.68. The van der Waals surface area contributed by atoms with E-state index < -0.39 is 0 Å². The first kappa shape index (κ1) is 21.7. The van der Waals surface area contributed by atoms with E-state index in [9.17, 15) is 9.59 Å². The molecule has 0 atom stereocenters. The summed E-state index contributed by atoms with van der Waals surface area (Å²) in [6.45, 7) is 3.81. The number of benzene rings is 2. The number of amides is 2. The van der Waals surface area contributed by atoms with Gasteiger partial charge in [-0.1, -0.05) is 48.9 Å². The second-order valence-electron chi connectivity index (χ2n) is 7.62. The largest absolute Gasteiger partial charge is 0.324 e. The Morgan fingerprint density at radius 1 is 1.16 bits per heavy atom. The van der Waals surface area contributed by atoms with Gasteiger partial charge in [-0.15, -0.1) is 0 Å². The summed E-state index contributed by atoms with van der Waals surface area (Å²) in [6, 6.07) is 16.9. The molecule has 32 heavy (non-hydrogen) atoms. The van der Waals surface area contributed by atoms with Crippen molar-refractivity contribution >= 4 is 46.3 Å². The molecule has 0 bridgehead atoms. The van der Waals surface area contributed by atoms with Gasteiger partial charge < -0.3 is 5.32 Å². The Morgan fingerprint density at radius 2 is 1.94 bits per heavy atom. The molecule has 6 nitrogen and oxygen atoms in total. The first-order valence-electron chi connectivity index (χ1n) is 10.4. The lowest BCUT2D eigenvalue weighted by molar-refractivity contribution is -0.120. The van der Waals surface area contributed by atoms with Gasteiger partial charge in [-0.3, -0.25) is 14.5 Å². The first-order chi connectivity index (χ1) is 15.4. The van der Waals surface area contributed by atoms with Gasteiger partial charge in [-0.05, 0) is 54.3 Å². The van der Waals surface area contributed by atoms with E-state index in [-0.39, 0.29) is 24.8 Å². The lowest BCUT2D eigenvalue weighted by Crippen LogP contribution is -2.39. The lowest BCUT2D eigenvalue weighted by atomic mass is 10.0. The molecule has 162 valence electrons. The molecule has 2 heterocycles. The maximum Gasteiger partial charge on any atom is 0.244 e. The number of nitrogens with zero attached hydrogens (tertiary/aromatic N) is 3. The molecule has 1 aliphatic heterocycles. The van der Waals surface area contributed by atoms with Crippen molar-refractivity contribution in [2.45, 2.75) is 26.7 Å². The van der Waals surface area contributed by atoms with Crippen LogP contribution in [0, 0.1) is 6.92 Å². The first-order valence-corrected chi connectivity index (χ1v) is 10.8. The predicted octanol–water partition coefficient (Wildman–Crippen LogP) is 5.10. The third-order valence-corrected chi connectivity index (χ3v) is 5.76. The highest BCUT2D eigenvalue weighted by atomic mass is 35.5. The molecule has 2 amide bonds. The average Bonchev–Trinajstić information content (AvgIpc) is 2.93. The van der Waals surface area contributed by atoms with Crippen molar-refractivity contribution in [3.05, 3.63) is 82.5 Å². The van der Waals surface area contributed by atoms with Gasteiger partial charge >= 0.3 is 0 Å². The molecule has 2 aromatic carbocycles. The van der Waals surface area contributed by atoms with E-state index in [4.69, 9.17) is 16.6 Å². The predicted molar refractivity (Wildman–Crippen MR) is 128 cm³/mol. The Labute approximate surface area is 192 Å². The Balaban J connectivity index is 1.59. The molecule has 4 rings (SSSR count). The summed E-state index contributed by atoms with van der Waals surface area (Å²) in [4.78, 5) is 36.4. The highest BCUT2D eigenvalue weighted by Gasteiger charge is 2.27. The van der Waals surface area contributed by atoms with Crippen molar-refractivity contribution in [1.29, 1.82) is 0 Å². The van der Waals surface area contributed by atoms with Gasteiger partial charge in [0.05, 0.1) is 12.1 Å². The van der Waals surface area contributed by atoms with Gasteiger partial charge in [0, 0.05) is 16.9 Å². The molecular formula is C25H23ClN4O2. The zero-order valence-corrected chi connectivity index (χ0v) is 18.7. The number of carbonyl (C=O) groups excluding carboxylic acids is 2. The van der Waals surface area contributed by atoms with Crippen LogP contribution in [0.25, 0.3) is 0 Å². The summed E-state index contributed by atoms with van der Waals surface area (Å²) in [7, 11) is 0. The van der Waals surface area contributed by atoms with Crippen LogP contribution in [-0.4, -0.2) is 29.1 Å². The van der Waals surface area contributed by atoms with Crippen molar-refractivity contribution in [3.8, 4) is 0 Å². The average molecular weight is 447 g/mol. The minimum absolute atomic E-state index is 0.0749. The standard InChI is InChI=1S/C25H23ClN4O2/c1-3-17-7-9-18(10-8-17)22-14-24(32)30(25-21(29-22)5-4-12-27-25)15-23(31)28-19-11-6-16(2)20(26)13-19/h4-13H,3,14-15H2,1-2H3,(H,28,31). The Kier molecular flexibility index (Phi) is 6.32. The quantitative estimate of drug-likeness (QED) is 0.592. The highest BCUT2D eigenvalue weighted by molar-refractivity contribution is 6.31. The zero-order chi connectivity index (χ0) is 22.7. The fraction of sp³-hybridized carbons (Fsp3) is 0.200. The number of halogens is 1. The number of aromatic nitrogens is 1. The minimum Gasteiger partial charge on any atom is -0.324 e. The number of rotatable bonds is 5. The van der Waals surface area contributed by atoms with E-state index in [1.54, 1.807) is 30.5 Å². The molecule has 0 radical (unpaired) electrons. The molecule has 0 aliphatic carbocycles. The van der Waals surface area contributed by atoms with E-state index in [1.165, 1.54) is 10.5 Å². The summed E-state index contributed by atoms with van der Waals surface area (Å²) in [5, 5.41) is 3.36. The third-order valence-electron chi connectivity index (χ3n) is 5.35. The molecule has 3 aromatic rings. The van der Waals surface area contributed by atoms with Gasteiger partial charge in [0.2, 0.25) is 11.8 Å². The Hall–Kier alpha value is -3.51. The second-order valence-corrected chi connectivity index (χ2v) is 8.03. The summed E-state index contributed by atoms with van der Waals surface area (Å²) >= 11 is 6.15. The number of nitrogens with one attached hydrogen (secondary N) is 1.